The molecule has 0 radical (unpaired) electrons. The first-order valence-corrected chi connectivity index (χ1v) is 9.87. The van der Waals surface area contributed by atoms with E-state index in [4.69, 9.17) is 0 Å². The van der Waals surface area contributed by atoms with Crippen molar-refractivity contribution in [1.82, 2.24) is 3.97 Å². The molecule has 0 aliphatic carbocycles. The Labute approximate surface area is 144 Å². The van der Waals surface area contributed by atoms with E-state index in [0.29, 0.717) is 0 Å². The molecule has 0 atom stereocenters. The Kier molecular flexibility index (Phi) is 6.22. The van der Waals surface area contributed by atoms with Crippen LogP contribution in [0.4, 0.5) is 0 Å². The van der Waals surface area contributed by atoms with E-state index in [-0.39, 0.29) is 10.6 Å². The van der Waals surface area contributed by atoms with E-state index < -0.39 is 10.0 Å². The SMILES string of the molecule is CCCCCCCc1ccn(S(=O)(=O)c2ccc(C)cc2)c1C#N. The fourth-order valence-electron chi connectivity index (χ4n) is 2.72. The van der Waals surface area contributed by atoms with Gasteiger partial charge in [-0.3, -0.25) is 0 Å². The van der Waals surface area contributed by atoms with Gasteiger partial charge < -0.3 is 0 Å². The van der Waals surface area contributed by atoms with E-state index in [1.54, 1.807) is 30.3 Å². The van der Waals surface area contributed by atoms with Crippen LogP contribution in [0.15, 0.2) is 41.4 Å². The van der Waals surface area contributed by atoms with Gasteiger partial charge in [-0.1, -0.05) is 50.3 Å². The maximum atomic E-state index is 12.8. The van der Waals surface area contributed by atoms with Crippen molar-refractivity contribution in [2.45, 2.75) is 57.3 Å². The summed E-state index contributed by atoms with van der Waals surface area (Å²) in [5.74, 6) is 0. The molecule has 128 valence electrons. The molecular weight excluding hydrogens is 320 g/mol. The quantitative estimate of drug-likeness (QED) is 0.666. The summed E-state index contributed by atoms with van der Waals surface area (Å²) in [5.41, 5.74) is 2.03. The highest BCUT2D eigenvalue weighted by Crippen LogP contribution is 2.21. The molecule has 4 nitrogen and oxygen atoms in total. The van der Waals surface area contributed by atoms with E-state index in [1.165, 1.54) is 25.5 Å². The van der Waals surface area contributed by atoms with Crippen molar-refractivity contribution in [1.29, 1.82) is 5.26 Å². The molecule has 0 bridgehead atoms. The lowest BCUT2D eigenvalue weighted by atomic mass is 10.1. The Morgan fingerprint density at radius 2 is 1.71 bits per heavy atom. The van der Waals surface area contributed by atoms with E-state index in [2.05, 4.69) is 13.0 Å². The highest BCUT2D eigenvalue weighted by atomic mass is 32.2. The maximum absolute atomic E-state index is 12.8. The van der Waals surface area contributed by atoms with Crippen molar-refractivity contribution in [3.63, 3.8) is 0 Å². The van der Waals surface area contributed by atoms with Crippen LogP contribution in [0.3, 0.4) is 0 Å². The highest BCUT2D eigenvalue weighted by molar-refractivity contribution is 7.90. The summed E-state index contributed by atoms with van der Waals surface area (Å²) >= 11 is 0. The summed E-state index contributed by atoms with van der Waals surface area (Å²) in [6, 6.07) is 10.5. The average molecular weight is 344 g/mol. The number of hydrogen-bond donors (Lipinski definition) is 0. The number of benzene rings is 1. The summed E-state index contributed by atoms with van der Waals surface area (Å²) in [4.78, 5) is 0.203. The first-order chi connectivity index (χ1) is 11.5. The lowest BCUT2D eigenvalue weighted by molar-refractivity contribution is 0.586. The molecule has 0 fully saturated rings. The molecule has 24 heavy (non-hydrogen) atoms. The molecular formula is C19H24N2O2S. The molecule has 1 aromatic heterocycles. The van der Waals surface area contributed by atoms with Crippen LogP contribution < -0.4 is 0 Å². The van der Waals surface area contributed by atoms with Crippen molar-refractivity contribution >= 4 is 10.0 Å². The summed E-state index contributed by atoms with van der Waals surface area (Å²) in [6.45, 7) is 4.08. The molecule has 0 unspecified atom stereocenters. The number of aryl methyl sites for hydroxylation is 2. The van der Waals surface area contributed by atoms with E-state index in [0.717, 1.165) is 34.4 Å². The first-order valence-electron chi connectivity index (χ1n) is 8.43. The molecule has 0 amide bonds. The fraction of sp³-hybridized carbons (Fsp3) is 0.421. The van der Waals surface area contributed by atoms with Gasteiger partial charge in [-0.2, -0.15) is 5.26 Å². The van der Waals surface area contributed by atoms with Gasteiger partial charge in [0.2, 0.25) is 0 Å². The van der Waals surface area contributed by atoms with Crippen LogP contribution >= 0.6 is 0 Å². The van der Waals surface area contributed by atoms with Crippen LogP contribution in [-0.2, 0) is 16.4 Å². The molecule has 0 spiro atoms. The number of nitriles is 1. The minimum Gasteiger partial charge on any atom is -0.231 e. The van der Waals surface area contributed by atoms with Crippen molar-refractivity contribution in [3.05, 3.63) is 53.3 Å². The van der Waals surface area contributed by atoms with Gasteiger partial charge in [-0.05, 0) is 43.5 Å². The van der Waals surface area contributed by atoms with Gasteiger partial charge in [0.1, 0.15) is 11.8 Å². The second-order valence-electron chi connectivity index (χ2n) is 6.08. The number of unbranched alkanes of at least 4 members (excludes halogenated alkanes) is 4. The van der Waals surface area contributed by atoms with Gasteiger partial charge in [0, 0.05) is 6.20 Å². The van der Waals surface area contributed by atoms with Crippen LogP contribution in [0.2, 0.25) is 0 Å². The molecule has 0 N–H and O–H groups in total. The van der Waals surface area contributed by atoms with Crippen molar-refractivity contribution in [2.24, 2.45) is 0 Å². The summed E-state index contributed by atoms with van der Waals surface area (Å²) in [5, 5.41) is 9.45. The predicted molar refractivity (Wildman–Crippen MR) is 95.4 cm³/mol. The number of aromatic nitrogens is 1. The van der Waals surface area contributed by atoms with E-state index in [1.807, 2.05) is 6.92 Å². The smallest absolute Gasteiger partial charge is 0.231 e. The Bertz CT molecular complexity index is 812. The van der Waals surface area contributed by atoms with Crippen LogP contribution in [0, 0.1) is 18.3 Å². The van der Waals surface area contributed by atoms with Crippen molar-refractivity contribution in [3.8, 4) is 6.07 Å². The number of hydrogen-bond acceptors (Lipinski definition) is 3. The lowest BCUT2D eigenvalue weighted by Crippen LogP contribution is -2.14. The minimum atomic E-state index is -3.72. The topological polar surface area (TPSA) is 62.9 Å². The van der Waals surface area contributed by atoms with Crippen molar-refractivity contribution in [2.75, 3.05) is 0 Å². The molecule has 2 rings (SSSR count). The molecule has 0 saturated heterocycles. The van der Waals surface area contributed by atoms with Crippen molar-refractivity contribution < 1.29 is 8.42 Å². The maximum Gasteiger partial charge on any atom is 0.268 e. The molecule has 5 heteroatoms. The third-order valence-corrected chi connectivity index (χ3v) is 5.86. The Morgan fingerprint density at radius 3 is 2.33 bits per heavy atom. The van der Waals surface area contributed by atoms with Crippen LogP contribution in [0.1, 0.15) is 55.8 Å². The Morgan fingerprint density at radius 1 is 1.04 bits per heavy atom. The van der Waals surface area contributed by atoms with Crippen LogP contribution in [-0.4, -0.2) is 12.4 Å². The largest absolute Gasteiger partial charge is 0.268 e. The zero-order chi connectivity index (χ0) is 17.6. The van der Waals surface area contributed by atoms with Gasteiger partial charge in [0.15, 0.2) is 0 Å². The fourth-order valence-corrected chi connectivity index (χ4v) is 4.05. The molecule has 0 aliphatic rings. The molecule has 1 heterocycles. The molecule has 0 saturated carbocycles. The summed E-state index contributed by atoms with van der Waals surface area (Å²) < 4.78 is 26.6. The minimum absolute atomic E-state index is 0.203. The first kappa shape index (κ1) is 18.3. The lowest BCUT2D eigenvalue weighted by Gasteiger charge is -2.08. The Balaban J connectivity index is 2.22. The molecule has 0 aliphatic heterocycles. The van der Waals surface area contributed by atoms with Gasteiger partial charge in [-0.15, -0.1) is 0 Å². The predicted octanol–water partition coefficient (Wildman–Crippen LogP) is 4.42. The zero-order valence-electron chi connectivity index (χ0n) is 14.3. The zero-order valence-corrected chi connectivity index (χ0v) is 15.1. The standard InChI is InChI=1S/C19H24N2O2S/c1-3-4-5-6-7-8-17-13-14-21(19(17)15-20)24(22,23)18-11-9-16(2)10-12-18/h9-14H,3-8H2,1-2H3. The summed E-state index contributed by atoms with van der Waals surface area (Å²) in [7, 11) is -3.72. The van der Waals surface area contributed by atoms with Crippen LogP contribution in [0.25, 0.3) is 0 Å². The summed E-state index contributed by atoms with van der Waals surface area (Å²) in [6.07, 6.45) is 7.90. The second kappa shape index (κ2) is 8.16. The molecule has 2 aromatic rings. The third-order valence-electron chi connectivity index (χ3n) is 4.17. The van der Waals surface area contributed by atoms with Gasteiger partial charge in [-0.25, -0.2) is 12.4 Å². The second-order valence-corrected chi connectivity index (χ2v) is 7.89. The number of rotatable bonds is 8. The van der Waals surface area contributed by atoms with Gasteiger partial charge >= 0.3 is 0 Å². The van der Waals surface area contributed by atoms with Crippen LogP contribution in [0.5, 0.6) is 0 Å². The monoisotopic (exact) mass is 344 g/mol. The van der Waals surface area contributed by atoms with Gasteiger partial charge in [0.25, 0.3) is 10.0 Å². The third kappa shape index (κ3) is 4.07. The van der Waals surface area contributed by atoms with Gasteiger partial charge in [0.05, 0.1) is 4.90 Å². The van der Waals surface area contributed by atoms with E-state index >= 15 is 0 Å². The number of nitrogens with zero attached hydrogens (tertiary/aromatic N) is 2. The van der Waals surface area contributed by atoms with E-state index in [9.17, 15) is 13.7 Å². The Hall–Kier alpha value is -2.06. The molecule has 1 aromatic carbocycles. The highest BCUT2D eigenvalue weighted by Gasteiger charge is 2.21. The average Bonchev–Trinajstić information content (AvgIpc) is 2.99. The normalized spacial score (nSPS) is 11.4.